The monoisotopic (exact) mass is 203 g/mol. The Bertz CT molecular complexity index is 142. The SMILES string of the molecule is CCCNC(CCOC)C(=O)OCC. The molecule has 1 atom stereocenters. The lowest BCUT2D eigenvalue weighted by Gasteiger charge is -2.16. The van der Waals surface area contributed by atoms with Gasteiger partial charge < -0.3 is 14.8 Å². The third kappa shape index (κ3) is 5.94. The summed E-state index contributed by atoms with van der Waals surface area (Å²) in [7, 11) is 1.63. The highest BCUT2D eigenvalue weighted by atomic mass is 16.5. The number of ether oxygens (including phenoxy) is 2. The third-order valence-corrected chi connectivity index (χ3v) is 1.82. The van der Waals surface area contributed by atoms with Crippen LogP contribution in [0.3, 0.4) is 0 Å². The van der Waals surface area contributed by atoms with E-state index < -0.39 is 0 Å². The van der Waals surface area contributed by atoms with Crippen molar-refractivity contribution in [3.05, 3.63) is 0 Å². The zero-order chi connectivity index (χ0) is 10.8. The quantitative estimate of drug-likeness (QED) is 0.597. The molecule has 4 nitrogen and oxygen atoms in total. The Balaban J connectivity index is 3.88. The van der Waals surface area contributed by atoms with Crippen LogP contribution in [0.15, 0.2) is 0 Å². The molecule has 1 unspecified atom stereocenters. The van der Waals surface area contributed by atoms with Crippen LogP contribution < -0.4 is 5.32 Å². The molecule has 0 aliphatic carbocycles. The number of carbonyl (C=O) groups is 1. The first-order valence-corrected chi connectivity index (χ1v) is 5.15. The highest BCUT2D eigenvalue weighted by Crippen LogP contribution is 1.96. The summed E-state index contributed by atoms with van der Waals surface area (Å²) in [5.41, 5.74) is 0. The number of esters is 1. The smallest absolute Gasteiger partial charge is 0.323 e. The molecular formula is C10H21NO3. The third-order valence-electron chi connectivity index (χ3n) is 1.82. The Hall–Kier alpha value is -0.610. The van der Waals surface area contributed by atoms with Gasteiger partial charge in [-0.05, 0) is 26.3 Å². The van der Waals surface area contributed by atoms with Gasteiger partial charge >= 0.3 is 5.97 Å². The van der Waals surface area contributed by atoms with Crippen molar-refractivity contribution in [2.24, 2.45) is 0 Å². The number of rotatable bonds is 8. The summed E-state index contributed by atoms with van der Waals surface area (Å²) in [6.45, 7) is 5.69. The van der Waals surface area contributed by atoms with Crippen LogP contribution in [0.1, 0.15) is 26.7 Å². The molecule has 0 amide bonds. The maximum absolute atomic E-state index is 11.4. The second kappa shape index (κ2) is 8.97. The van der Waals surface area contributed by atoms with Gasteiger partial charge in [0.15, 0.2) is 0 Å². The normalized spacial score (nSPS) is 12.5. The van der Waals surface area contributed by atoms with Crippen molar-refractivity contribution in [1.82, 2.24) is 5.32 Å². The van der Waals surface area contributed by atoms with Gasteiger partial charge in [0, 0.05) is 13.7 Å². The predicted octanol–water partition coefficient (Wildman–Crippen LogP) is 0.954. The molecule has 84 valence electrons. The van der Waals surface area contributed by atoms with Crippen LogP contribution in [0, 0.1) is 0 Å². The van der Waals surface area contributed by atoms with E-state index in [-0.39, 0.29) is 12.0 Å². The Labute approximate surface area is 86.0 Å². The molecule has 0 saturated carbocycles. The minimum absolute atomic E-state index is 0.182. The van der Waals surface area contributed by atoms with Crippen molar-refractivity contribution < 1.29 is 14.3 Å². The van der Waals surface area contributed by atoms with E-state index in [0.717, 1.165) is 13.0 Å². The van der Waals surface area contributed by atoms with Gasteiger partial charge in [0.25, 0.3) is 0 Å². The summed E-state index contributed by atoms with van der Waals surface area (Å²) in [5.74, 6) is -0.182. The van der Waals surface area contributed by atoms with Crippen molar-refractivity contribution in [2.75, 3.05) is 26.9 Å². The molecule has 0 aliphatic heterocycles. The molecule has 0 aliphatic rings. The molecular weight excluding hydrogens is 182 g/mol. The molecule has 4 heteroatoms. The summed E-state index contributed by atoms with van der Waals surface area (Å²) in [6, 6.07) is -0.227. The van der Waals surface area contributed by atoms with Crippen molar-refractivity contribution in [3.63, 3.8) is 0 Å². The highest BCUT2D eigenvalue weighted by molar-refractivity contribution is 5.75. The van der Waals surface area contributed by atoms with Gasteiger partial charge in [-0.2, -0.15) is 0 Å². The van der Waals surface area contributed by atoms with Gasteiger partial charge in [0.1, 0.15) is 6.04 Å². The molecule has 0 fully saturated rings. The lowest BCUT2D eigenvalue weighted by Crippen LogP contribution is -2.39. The highest BCUT2D eigenvalue weighted by Gasteiger charge is 2.17. The molecule has 0 heterocycles. The summed E-state index contributed by atoms with van der Waals surface area (Å²) < 4.78 is 9.87. The standard InChI is InChI=1S/C10H21NO3/c1-4-7-11-9(6-8-13-3)10(12)14-5-2/h9,11H,4-8H2,1-3H3. The Morgan fingerprint density at radius 1 is 1.43 bits per heavy atom. The number of methoxy groups -OCH3 is 1. The van der Waals surface area contributed by atoms with E-state index in [2.05, 4.69) is 12.2 Å². The minimum atomic E-state index is -0.227. The topological polar surface area (TPSA) is 47.6 Å². The average Bonchev–Trinajstić information content (AvgIpc) is 2.18. The molecule has 0 radical (unpaired) electrons. The van der Waals surface area contributed by atoms with Crippen LogP contribution in [-0.4, -0.2) is 38.9 Å². The predicted molar refractivity (Wildman–Crippen MR) is 55.2 cm³/mol. The second-order valence-electron chi connectivity index (χ2n) is 3.04. The Morgan fingerprint density at radius 3 is 2.64 bits per heavy atom. The van der Waals surface area contributed by atoms with Crippen molar-refractivity contribution in [1.29, 1.82) is 0 Å². The van der Waals surface area contributed by atoms with E-state index in [0.29, 0.717) is 19.6 Å². The van der Waals surface area contributed by atoms with E-state index in [4.69, 9.17) is 9.47 Å². The molecule has 0 bridgehead atoms. The van der Waals surface area contributed by atoms with Crippen LogP contribution in [0.25, 0.3) is 0 Å². The molecule has 0 saturated heterocycles. The van der Waals surface area contributed by atoms with Crippen molar-refractivity contribution in [2.45, 2.75) is 32.7 Å². The zero-order valence-corrected chi connectivity index (χ0v) is 9.34. The van der Waals surface area contributed by atoms with Gasteiger partial charge in [0.2, 0.25) is 0 Å². The van der Waals surface area contributed by atoms with Crippen LogP contribution in [0.2, 0.25) is 0 Å². The largest absolute Gasteiger partial charge is 0.465 e. The van der Waals surface area contributed by atoms with E-state index >= 15 is 0 Å². The van der Waals surface area contributed by atoms with Gasteiger partial charge in [0.05, 0.1) is 6.61 Å². The molecule has 0 spiro atoms. The molecule has 0 rings (SSSR count). The van der Waals surface area contributed by atoms with Gasteiger partial charge in [-0.3, -0.25) is 4.79 Å². The number of hydrogen-bond acceptors (Lipinski definition) is 4. The fourth-order valence-corrected chi connectivity index (χ4v) is 1.10. The zero-order valence-electron chi connectivity index (χ0n) is 9.34. The summed E-state index contributed by atoms with van der Waals surface area (Å²) in [4.78, 5) is 11.4. The Kier molecular flexibility index (Phi) is 8.57. The first-order valence-electron chi connectivity index (χ1n) is 5.15. The van der Waals surface area contributed by atoms with Crippen LogP contribution in [0.4, 0.5) is 0 Å². The molecule has 14 heavy (non-hydrogen) atoms. The fraction of sp³-hybridized carbons (Fsp3) is 0.900. The van der Waals surface area contributed by atoms with Crippen LogP contribution in [0.5, 0.6) is 0 Å². The lowest BCUT2D eigenvalue weighted by molar-refractivity contribution is -0.146. The first-order chi connectivity index (χ1) is 6.76. The average molecular weight is 203 g/mol. The fourth-order valence-electron chi connectivity index (χ4n) is 1.10. The second-order valence-corrected chi connectivity index (χ2v) is 3.04. The molecule has 1 N–H and O–H groups in total. The lowest BCUT2D eigenvalue weighted by atomic mass is 10.2. The number of carbonyl (C=O) groups excluding carboxylic acids is 1. The molecule has 0 aromatic heterocycles. The number of nitrogens with one attached hydrogen (secondary N) is 1. The van der Waals surface area contributed by atoms with E-state index in [1.165, 1.54) is 0 Å². The maximum atomic E-state index is 11.4. The summed E-state index contributed by atoms with van der Waals surface area (Å²) in [5, 5.41) is 3.13. The van der Waals surface area contributed by atoms with Gasteiger partial charge in [-0.1, -0.05) is 6.92 Å². The minimum Gasteiger partial charge on any atom is -0.465 e. The maximum Gasteiger partial charge on any atom is 0.323 e. The van der Waals surface area contributed by atoms with Crippen molar-refractivity contribution in [3.8, 4) is 0 Å². The summed E-state index contributed by atoms with van der Waals surface area (Å²) >= 11 is 0. The van der Waals surface area contributed by atoms with Crippen LogP contribution in [-0.2, 0) is 14.3 Å². The van der Waals surface area contributed by atoms with E-state index in [1.54, 1.807) is 7.11 Å². The Morgan fingerprint density at radius 2 is 2.14 bits per heavy atom. The first kappa shape index (κ1) is 13.4. The van der Waals surface area contributed by atoms with Crippen LogP contribution >= 0.6 is 0 Å². The van der Waals surface area contributed by atoms with Crippen molar-refractivity contribution >= 4 is 5.97 Å². The van der Waals surface area contributed by atoms with Gasteiger partial charge in [-0.15, -0.1) is 0 Å². The van der Waals surface area contributed by atoms with Gasteiger partial charge in [-0.25, -0.2) is 0 Å². The van der Waals surface area contributed by atoms with E-state index in [9.17, 15) is 4.79 Å². The van der Waals surface area contributed by atoms with E-state index in [1.807, 2.05) is 6.92 Å². The molecule has 0 aromatic rings. The summed E-state index contributed by atoms with van der Waals surface area (Å²) in [6.07, 6.45) is 1.66. The molecule has 0 aromatic carbocycles. The number of hydrogen-bond donors (Lipinski definition) is 1.